The van der Waals surface area contributed by atoms with E-state index in [1.165, 1.54) is 33.6 Å². The molecule has 0 fully saturated rings. The molecule has 136 valence electrons. The fourth-order valence-corrected chi connectivity index (χ4v) is 3.09. The molecule has 2 rings (SSSR count). The lowest BCUT2D eigenvalue weighted by atomic mass is 9.85. The zero-order valence-corrected chi connectivity index (χ0v) is 17.4. The minimum Gasteiger partial charge on any atom is -0.355 e. The van der Waals surface area contributed by atoms with Crippen molar-refractivity contribution >= 4 is 11.4 Å². The number of anilines is 2. The van der Waals surface area contributed by atoms with Crippen molar-refractivity contribution in [3.05, 3.63) is 58.7 Å². The van der Waals surface area contributed by atoms with Crippen LogP contribution in [0.5, 0.6) is 0 Å². The number of aryl methyl sites for hydroxylation is 2. The quantitative estimate of drug-likeness (QED) is 0.624. The average molecular weight is 338 g/mol. The molecule has 0 radical (unpaired) electrons. The molecule has 0 amide bonds. The summed E-state index contributed by atoms with van der Waals surface area (Å²) in [6, 6.07) is 13.7. The third-order valence-electron chi connectivity index (χ3n) is 4.97. The Morgan fingerprint density at radius 2 is 1.00 bits per heavy atom. The average Bonchev–Trinajstić information content (AvgIpc) is 2.53. The Morgan fingerprint density at radius 3 is 1.28 bits per heavy atom. The molecule has 0 saturated carbocycles. The van der Waals surface area contributed by atoms with E-state index in [2.05, 4.69) is 97.1 Å². The molecule has 0 atom stereocenters. The predicted molar refractivity (Wildman–Crippen MR) is 112 cm³/mol. The Morgan fingerprint density at radius 1 is 0.640 bits per heavy atom. The van der Waals surface area contributed by atoms with Crippen LogP contribution in [-0.4, -0.2) is 0 Å². The standard InChI is InChI=1S/C24H35N/c1-9-17-15-19(23(3,4)5)11-13-21(17)25-22-14-12-20(24(6,7)8)16-18(22)10-2/h11-16,25H,9-10H2,1-8H3. The van der Waals surface area contributed by atoms with E-state index in [9.17, 15) is 0 Å². The second-order valence-corrected chi connectivity index (χ2v) is 9.08. The minimum atomic E-state index is 0.186. The Labute approximate surface area is 154 Å². The highest BCUT2D eigenvalue weighted by Crippen LogP contribution is 2.32. The van der Waals surface area contributed by atoms with E-state index in [1.807, 2.05) is 0 Å². The highest BCUT2D eigenvalue weighted by atomic mass is 14.9. The molecule has 0 aromatic heterocycles. The van der Waals surface area contributed by atoms with E-state index in [0.717, 1.165) is 12.8 Å². The lowest BCUT2D eigenvalue weighted by molar-refractivity contribution is 0.589. The summed E-state index contributed by atoms with van der Waals surface area (Å²) < 4.78 is 0. The van der Waals surface area contributed by atoms with Crippen LogP contribution in [0.25, 0.3) is 0 Å². The predicted octanol–water partition coefficient (Wildman–Crippen LogP) is 7.15. The fraction of sp³-hybridized carbons (Fsp3) is 0.500. The van der Waals surface area contributed by atoms with Crippen molar-refractivity contribution in [1.29, 1.82) is 0 Å². The van der Waals surface area contributed by atoms with Crippen LogP contribution in [0.2, 0.25) is 0 Å². The van der Waals surface area contributed by atoms with Gasteiger partial charge < -0.3 is 5.32 Å². The molecule has 0 bridgehead atoms. The van der Waals surface area contributed by atoms with Crippen molar-refractivity contribution in [3.63, 3.8) is 0 Å². The third-order valence-corrected chi connectivity index (χ3v) is 4.97. The van der Waals surface area contributed by atoms with Gasteiger partial charge in [0.1, 0.15) is 0 Å². The number of hydrogen-bond acceptors (Lipinski definition) is 1. The molecule has 2 aromatic rings. The molecule has 2 aromatic carbocycles. The van der Waals surface area contributed by atoms with Gasteiger partial charge in [-0.25, -0.2) is 0 Å². The summed E-state index contributed by atoms with van der Waals surface area (Å²) in [6.45, 7) is 18.1. The number of nitrogens with one attached hydrogen (secondary N) is 1. The van der Waals surface area contributed by atoms with Gasteiger partial charge in [-0.05, 0) is 58.1 Å². The maximum Gasteiger partial charge on any atom is 0.0416 e. The molecule has 0 aliphatic heterocycles. The van der Waals surface area contributed by atoms with Gasteiger partial charge >= 0.3 is 0 Å². The number of rotatable bonds is 4. The molecule has 1 N–H and O–H groups in total. The number of hydrogen-bond donors (Lipinski definition) is 1. The summed E-state index contributed by atoms with van der Waals surface area (Å²) in [5.74, 6) is 0. The third kappa shape index (κ3) is 4.66. The summed E-state index contributed by atoms with van der Waals surface area (Å²) in [4.78, 5) is 0. The largest absolute Gasteiger partial charge is 0.355 e. The van der Waals surface area contributed by atoms with E-state index in [1.54, 1.807) is 0 Å². The molecule has 0 aliphatic rings. The van der Waals surface area contributed by atoms with Gasteiger partial charge in [-0.2, -0.15) is 0 Å². The number of benzene rings is 2. The molecule has 0 unspecified atom stereocenters. The van der Waals surface area contributed by atoms with Crippen LogP contribution >= 0.6 is 0 Å². The second-order valence-electron chi connectivity index (χ2n) is 9.08. The smallest absolute Gasteiger partial charge is 0.0416 e. The molecule has 0 aliphatic carbocycles. The molecule has 1 heteroatoms. The maximum atomic E-state index is 3.70. The summed E-state index contributed by atoms with van der Waals surface area (Å²) >= 11 is 0. The van der Waals surface area contributed by atoms with Crippen molar-refractivity contribution in [2.24, 2.45) is 0 Å². The van der Waals surface area contributed by atoms with Crippen molar-refractivity contribution in [3.8, 4) is 0 Å². The Balaban J connectivity index is 2.39. The molecule has 1 nitrogen and oxygen atoms in total. The zero-order chi connectivity index (χ0) is 18.8. The van der Waals surface area contributed by atoms with Crippen LogP contribution in [0, 0.1) is 0 Å². The zero-order valence-electron chi connectivity index (χ0n) is 17.4. The van der Waals surface area contributed by atoms with Gasteiger partial charge in [0, 0.05) is 11.4 Å². The molecular formula is C24H35N. The van der Waals surface area contributed by atoms with Gasteiger partial charge in [-0.15, -0.1) is 0 Å². The van der Waals surface area contributed by atoms with Crippen LogP contribution in [0.4, 0.5) is 11.4 Å². The minimum absolute atomic E-state index is 0.186. The Kier molecular flexibility index (Phi) is 5.66. The Hall–Kier alpha value is -1.76. The molecule has 0 spiro atoms. The normalized spacial score (nSPS) is 12.3. The van der Waals surface area contributed by atoms with E-state index >= 15 is 0 Å². The SMILES string of the molecule is CCc1cc(C(C)(C)C)ccc1Nc1ccc(C(C)(C)C)cc1CC. The van der Waals surface area contributed by atoms with Crippen LogP contribution in [-0.2, 0) is 23.7 Å². The summed E-state index contributed by atoms with van der Waals surface area (Å²) in [6.07, 6.45) is 2.07. The van der Waals surface area contributed by atoms with Gasteiger partial charge in [0.15, 0.2) is 0 Å². The van der Waals surface area contributed by atoms with Crippen LogP contribution < -0.4 is 5.32 Å². The monoisotopic (exact) mass is 337 g/mol. The summed E-state index contributed by atoms with van der Waals surface area (Å²) in [7, 11) is 0. The second kappa shape index (κ2) is 7.23. The van der Waals surface area contributed by atoms with Crippen molar-refractivity contribution in [2.75, 3.05) is 5.32 Å². The summed E-state index contributed by atoms with van der Waals surface area (Å²) in [5.41, 5.74) is 8.39. The lowest BCUT2D eigenvalue weighted by Gasteiger charge is -2.23. The van der Waals surface area contributed by atoms with Gasteiger partial charge in [0.25, 0.3) is 0 Å². The van der Waals surface area contributed by atoms with E-state index in [0.29, 0.717) is 0 Å². The summed E-state index contributed by atoms with van der Waals surface area (Å²) in [5, 5.41) is 3.70. The van der Waals surface area contributed by atoms with E-state index in [4.69, 9.17) is 0 Å². The maximum absolute atomic E-state index is 3.70. The van der Waals surface area contributed by atoms with Gasteiger partial charge in [-0.1, -0.05) is 79.7 Å². The van der Waals surface area contributed by atoms with Crippen molar-refractivity contribution < 1.29 is 0 Å². The molecule has 0 heterocycles. The highest BCUT2D eigenvalue weighted by molar-refractivity contribution is 5.67. The molecule has 0 saturated heterocycles. The van der Waals surface area contributed by atoms with Crippen LogP contribution in [0.1, 0.15) is 77.6 Å². The molecule has 25 heavy (non-hydrogen) atoms. The first kappa shape index (κ1) is 19.6. The van der Waals surface area contributed by atoms with Gasteiger partial charge in [-0.3, -0.25) is 0 Å². The van der Waals surface area contributed by atoms with E-state index < -0.39 is 0 Å². The van der Waals surface area contributed by atoms with Crippen molar-refractivity contribution in [2.45, 2.75) is 79.1 Å². The lowest BCUT2D eigenvalue weighted by Crippen LogP contribution is -2.13. The van der Waals surface area contributed by atoms with Crippen LogP contribution in [0.3, 0.4) is 0 Å². The first-order chi connectivity index (χ1) is 11.6. The van der Waals surface area contributed by atoms with Gasteiger partial charge in [0.05, 0.1) is 0 Å². The van der Waals surface area contributed by atoms with E-state index in [-0.39, 0.29) is 10.8 Å². The van der Waals surface area contributed by atoms with Crippen LogP contribution in [0.15, 0.2) is 36.4 Å². The topological polar surface area (TPSA) is 12.0 Å². The van der Waals surface area contributed by atoms with Crippen molar-refractivity contribution in [1.82, 2.24) is 0 Å². The fourth-order valence-electron chi connectivity index (χ4n) is 3.09. The first-order valence-corrected chi connectivity index (χ1v) is 9.60. The van der Waals surface area contributed by atoms with Gasteiger partial charge in [0.2, 0.25) is 0 Å². The first-order valence-electron chi connectivity index (χ1n) is 9.60. The highest BCUT2D eigenvalue weighted by Gasteiger charge is 2.17. The molecular weight excluding hydrogens is 302 g/mol. The Bertz CT molecular complexity index is 663.